The van der Waals surface area contributed by atoms with Crippen molar-refractivity contribution in [3.05, 3.63) is 47.1 Å². The summed E-state index contributed by atoms with van der Waals surface area (Å²) in [6, 6.07) is 8.49. The van der Waals surface area contributed by atoms with Crippen LogP contribution in [0.5, 0.6) is 0 Å². The molecule has 3 heterocycles. The Morgan fingerprint density at radius 3 is 2.81 bits per heavy atom. The zero-order chi connectivity index (χ0) is 18.7. The second-order valence-corrected chi connectivity index (χ2v) is 9.88. The highest BCUT2D eigenvalue weighted by Crippen LogP contribution is 2.30. The molecule has 26 heavy (non-hydrogen) atoms. The van der Waals surface area contributed by atoms with Gasteiger partial charge in [-0.2, -0.15) is 4.31 Å². The van der Waals surface area contributed by atoms with Crippen LogP contribution in [0.4, 0.5) is 0 Å². The maximum Gasteiger partial charge on any atom is 0.253 e. The zero-order valence-electron chi connectivity index (χ0n) is 15.0. The quantitative estimate of drug-likeness (QED) is 0.755. The van der Waals surface area contributed by atoms with Crippen LogP contribution in [0.3, 0.4) is 0 Å². The fourth-order valence-electron chi connectivity index (χ4n) is 3.13. The number of rotatable bonds is 6. The van der Waals surface area contributed by atoms with E-state index in [2.05, 4.69) is 4.98 Å². The minimum Gasteiger partial charge on any atom is -0.344 e. The van der Waals surface area contributed by atoms with E-state index in [1.54, 1.807) is 30.3 Å². The van der Waals surface area contributed by atoms with Gasteiger partial charge in [0.2, 0.25) is 5.91 Å². The first kappa shape index (κ1) is 19.0. The molecule has 1 amide bonds. The summed E-state index contributed by atoms with van der Waals surface area (Å²) in [6.07, 6.45) is 3.64. The van der Waals surface area contributed by atoms with E-state index in [0.717, 1.165) is 10.6 Å². The topological polar surface area (TPSA) is 70.6 Å². The minimum absolute atomic E-state index is 0.143. The fraction of sp³-hybridized carbons (Fsp3) is 0.444. The van der Waals surface area contributed by atoms with Crippen molar-refractivity contribution in [2.45, 2.75) is 36.4 Å². The van der Waals surface area contributed by atoms with Crippen molar-refractivity contribution in [3.8, 4) is 0 Å². The van der Waals surface area contributed by atoms with Gasteiger partial charge >= 0.3 is 0 Å². The Hall–Kier alpha value is -1.77. The van der Waals surface area contributed by atoms with Crippen LogP contribution in [0.25, 0.3) is 0 Å². The van der Waals surface area contributed by atoms with Crippen LogP contribution >= 0.6 is 11.3 Å². The highest BCUT2D eigenvalue weighted by Gasteiger charge is 2.41. The van der Waals surface area contributed by atoms with E-state index in [1.807, 2.05) is 25.1 Å². The van der Waals surface area contributed by atoms with Gasteiger partial charge in [0.25, 0.3) is 10.0 Å². The third-order valence-corrected chi connectivity index (χ3v) is 7.95. The standard InChI is InChI=1S/C18H23N3O3S2/c1-14-8-9-17(25-14)26(23,24)21-12-5-7-16(21)18(22)20(2)13-10-15-6-3-4-11-19-15/h3-4,6,8-9,11,16H,5,7,10,12-13H2,1-2H3. The molecule has 1 aliphatic heterocycles. The van der Waals surface area contributed by atoms with Crippen LogP contribution in [-0.4, -0.2) is 54.7 Å². The molecule has 1 saturated heterocycles. The van der Waals surface area contributed by atoms with Crippen molar-refractivity contribution in [1.82, 2.24) is 14.2 Å². The molecule has 6 nitrogen and oxygen atoms in total. The van der Waals surface area contributed by atoms with Crippen molar-refractivity contribution >= 4 is 27.3 Å². The monoisotopic (exact) mass is 393 g/mol. The molecule has 2 aromatic rings. The Kier molecular flexibility index (Phi) is 5.74. The first-order chi connectivity index (χ1) is 12.4. The van der Waals surface area contributed by atoms with Crippen LogP contribution in [-0.2, 0) is 21.2 Å². The molecule has 1 fully saturated rings. The summed E-state index contributed by atoms with van der Waals surface area (Å²) in [6.45, 7) is 2.78. The SMILES string of the molecule is Cc1ccc(S(=O)(=O)N2CCCC2C(=O)N(C)CCc2ccccn2)s1. The lowest BCUT2D eigenvalue weighted by Crippen LogP contribution is -2.46. The second kappa shape index (κ2) is 7.85. The van der Waals surface area contributed by atoms with Crippen LogP contribution in [0, 0.1) is 6.92 Å². The molecule has 2 aromatic heterocycles. The van der Waals surface area contributed by atoms with E-state index in [0.29, 0.717) is 36.6 Å². The number of pyridine rings is 1. The maximum absolute atomic E-state index is 12.9. The third-order valence-electron chi connectivity index (χ3n) is 4.57. The molecule has 1 atom stereocenters. The van der Waals surface area contributed by atoms with Crippen molar-refractivity contribution in [2.75, 3.05) is 20.1 Å². The van der Waals surface area contributed by atoms with Gasteiger partial charge in [0.1, 0.15) is 10.3 Å². The predicted molar refractivity (Wildman–Crippen MR) is 102 cm³/mol. The molecule has 0 bridgehead atoms. The van der Waals surface area contributed by atoms with Gasteiger partial charge in [-0.05, 0) is 44.0 Å². The molecule has 0 radical (unpaired) electrons. The summed E-state index contributed by atoms with van der Waals surface area (Å²) in [4.78, 5) is 19.7. The summed E-state index contributed by atoms with van der Waals surface area (Å²) in [5.74, 6) is -0.143. The van der Waals surface area contributed by atoms with Crippen molar-refractivity contribution in [2.24, 2.45) is 0 Å². The summed E-state index contributed by atoms with van der Waals surface area (Å²) < 4.78 is 27.5. The highest BCUT2D eigenvalue weighted by molar-refractivity contribution is 7.91. The lowest BCUT2D eigenvalue weighted by molar-refractivity contribution is -0.133. The van der Waals surface area contributed by atoms with Gasteiger partial charge in [-0.15, -0.1) is 11.3 Å². The smallest absolute Gasteiger partial charge is 0.253 e. The lowest BCUT2D eigenvalue weighted by Gasteiger charge is -2.27. The molecule has 0 saturated carbocycles. The number of amides is 1. The van der Waals surface area contributed by atoms with Crippen molar-refractivity contribution < 1.29 is 13.2 Å². The molecule has 1 unspecified atom stereocenters. The molecule has 140 valence electrons. The molecule has 0 N–H and O–H groups in total. The van der Waals surface area contributed by atoms with E-state index in [9.17, 15) is 13.2 Å². The number of aryl methyl sites for hydroxylation is 1. The number of likely N-dealkylation sites (N-methyl/N-ethyl adjacent to an activating group) is 1. The Morgan fingerprint density at radius 1 is 1.35 bits per heavy atom. The van der Waals surface area contributed by atoms with E-state index >= 15 is 0 Å². The van der Waals surface area contributed by atoms with Crippen LogP contribution in [0.2, 0.25) is 0 Å². The van der Waals surface area contributed by atoms with E-state index in [4.69, 9.17) is 0 Å². The summed E-state index contributed by atoms with van der Waals surface area (Å²) in [5, 5.41) is 0. The normalized spacial score (nSPS) is 18.2. The van der Waals surface area contributed by atoms with Crippen LogP contribution in [0.1, 0.15) is 23.4 Å². The third kappa shape index (κ3) is 3.97. The molecule has 3 rings (SSSR count). The first-order valence-corrected chi connectivity index (χ1v) is 10.9. The minimum atomic E-state index is -3.62. The number of hydrogen-bond donors (Lipinski definition) is 0. The van der Waals surface area contributed by atoms with Crippen LogP contribution < -0.4 is 0 Å². The van der Waals surface area contributed by atoms with Crippen molar-refractivity contribution in [1.29, 1.82) is 0 Å². The van der Waals surface area contributed by atoms with Gasteiger partial charge < -0.3 is 4.90 Å². The number of thiophene rings is 1. The largest absolute Gasteiger partial charge is 0.344 e. The molecular formula is C18H23N3O3S2. The summed E-state index contributed by atoms with van der Waals surface area (Å²) in [7, 11) is -1.89. The maximum atomic E-state index is 12.9. The lowest BCUT2D eigenvalue weighted by atomic mass is 10.2. The number of carbonyl (C=O) groups excluding carboxylic acids is 1. The van der Waals surface area contributed by atoms with E-state index in [-0.39, 0.29) is 5.91 Å². The Labute approximate surface area is 158 Å². The molecule has 0 aliphatic carbocycles. The average Bonchev–Trinajstić information content (AvgIpc) is 3.29. The summed E-state index contributed by atoms with van der Waals surface area (Å²) in [5.41, 5.74) is 0.914. The number of sulfonamides is 1. The van der Waals surface area contributed by atoms with Gasteiger partial charge in [0, 0.05) is 43.3 Å². The van der Waals surface area contributed by atoms with E-state index < -0.39 is 16.1 Å². The molecule has 1 aliphatic rings. The number of aromatic nitrogens is 1. The predicted octanol–water partition coefficient (Wildman–Crippen LogP) is 2.31. The van der Waals surface area contributed by atoms with Gasteiger partial charge in [-0.25, -0.2) is 8.42 Å². The zero-order valence-corrected chi connectivity index (χ0v) is 16.6. The average molecular weight is 394 g/mol. The Balaban J connectivity index is 1.69. The molecule has 0 aromatic carbocycles. The van der Waals surface area contributed by atoms with Crippen molar-refractivity contribution in [3.63, 3.8) is 0 Å². The number of hydrogen-bond acceptors (Lipinski definition) is 5. The fourth-order valence-corrected chi connectivity index (χ4v) is 6.20. The highest BCUT2D eigenvalue weighted by atomic mass is 32.2. The van der Waals surface area contributed by atoms with Gasteiger partial charge in [0.15, 0.2) is 0 Å². The van der Waals surface area contributed by atoms with E-state index in [1.165, 1.54) is 15.6 Å². The molecule has 0 spiro atoms. The second-order valence-electron chi connectivity index (χ2n) is 6.47. The molecular weight excluding hydrogens is 370 g/mol. The number of carbonyl (C=O) groups is 1. The Morgan fingerprint density at radius 2 is 2.15 bits per heavy atom. The Bertz CT molecular complexity index is 865. The van der Waals surface area contributed by atoms with Gasteiger partial charge in [-0.1, -0.05) is 6.07 Å². The summed E-state index contributed by atoms with van der Waals surface area (Å²) >= 11 is 1.25. The van der Waals surface area contributed by atoms with Gasteiger partial charge in [-0.3, -0.25) is 9.78 Å². The first-order valence-electron chi connectivity index (χ1n) is 8.63. The molecule has 8 heteroatoms. The number of nitrogens with zero attached hydrogens (tertiary/aromatic N) is 3. The van der Waals surface area contributed by atoms with Crippen LogP contribution in [0.15, 0.2) is 40.7 Å². The van der Waals surface area contributed by atoms with Gasteiger partial charge in [0.05, 0.1) is 0 Å².